The van der Waals surface area contributed by atoms with Crippen LogP contribution >= 0.6 is 0 Å². The molecule has 1 atom stereocenters. The van der Waals surface area contributed by atoms with Crippen molar-refractivity contribution in [3.8, 4) is 0 Å². The fourth-order valence-electron chi connectivity index (χ4n) is 0.763. The van der Waals surface area contributed by atoms with E-state index < -0.39 is 18.1 Å². The number of hydrogen-bond donors (Lipinski definition) is 1. The lowest BCUT2D eigenvalue weighted by Crippen LogP contribution is -2.39. The summed E-state index contributed by atoms with van der Waals surface area (Å²) in [6.07, 6.45) is 1.19. The number of hydrogen-bond acceptors (Lipinski definition) is 4. The highest BCUT2D eigenvalue weighted by Crippen LogP contribution is 1.91. The van der Waals surface area contributed by atoms with E-state index in [-0.39, 0.29) is 0 Å². The van der Waals surface area contributed by atoms with Gasteiger partial charge in [-0.15, -0.1) is 0 Å². The maximum Gasteiger partial charge on any atom is 0.407 e. The van der Waals surface area contributed by atoms with Crippen molar-refractivity contribution >= 4 is 12.1 Å². The van der Waals surface area contributed by atoms with Gasteiger partial charge < -0.3 is 14.8 Å². The molecule has 0 aromatic heterocycles. The number of carbonyl (C=O) groups excluding carboxylic acids is 2. The molecule has 0 spiro atoms. The normalized spacial score (nSPS) is 11.6. The molecule has 82 valence electrons. The van der Waals surface area contributed by atoms with Gasteiger partial charge >= 0.3 is 12.1 Å². The molecule has 0 saturated heterocycles. The summed E-state index contributed by atoms with van der Waals surface area (Å²) in [5.41, 5.74) is 0. The highest BCUT2D eigenvalue weighted by Gasteiger charge is 2.15. The third-order valence-corrected chi connectivity index (χ3v) is 1.62. The van der Waals surface area contributed by atoms with Crippen LogP contribution in [0.5, 0.6) is 0 Å². The average molecular weight is 203 g/mol. The van der Waals surface area contributed by atoms with Crippen LogP contribution < -0.4 is 5.32 Å². The predicted octanol–water partition coefficient (Wildman–Crippen LogP) is 1.07. The van der Waals surface area contributed by atoms with E-state index in [2.05, 4.69) is 10.1 Å². The second-order valence-corrected chi connectivity index (χ2v) is 2.88. The van der Waals surface area contributed by atoms with Crippen LogP contribution in [0.1, 0.15) is 26.7 Å². The average Bonchev–Trinajstić information content (AvgIpc) is 2.16. The standard InChI is InChI=1S/C9H17NO4/c1-4-5-6-14-9(12)10-7(2)8(11)13-3/h7H,4-6H2,1-3H3,(H,10,12)/t7-/m0/s1. The van der Waals surface area contributed by atoms with Crippen molar-refractivity contribution in [1.82, 2.24) is 5.32 Å². The fraction of sp³-hybridized carbons (Fsp3) is 0.778. The molecule has 0 heterocycles. The molecule has 0 rings (SSSR count). The summed E-state index contributed by atoms with van der Waals surface area (Å²) in [7, 11) is 1.27. The second kappa shape index (κ2) is 7.17. The molecule has 0 aromatic carbocycles. The third kappa shape index (κ3) is 5.40. The highest BCUT2D eigenvalue weighted by molar-refractivity contribution is 5.80. The lowest BCUT2D eigenvalue weighted by molar-refractivity contribution is -0.142. The Morgan fingerprint density at radius 2 is 2.07 bits per heavy atom. The molecule has 0 aliphatic heterocycles. The van der Waals surface area contributed by atoms with Gasteiger partial charge in [-0.2, -0.15) is 0 Å². The molecule has 0 aliphatic carbocycles. The molecule has 0 unspecified atom stereocenters. The van der Waals surface area contributed by atoms with Gasteiger partial charge in [0.1, 0.15) is 6.04 Å². The fourth-order valence-corrected chi connectivity index (χ4v) is 0.763. The van der Waals surface area contributed by atoms with E-state index in [4.69, 9.17) is 4.74 Å². The molecule has 0 aliphatic rings. The first-order valence-electron chi connectivity index (χ1n) is 4.63. The van der Waals surface area contributed by atoms with Crippen molar-refractivity contribution < 1.29 is 19.1 Å². The van der Waals surface area contributed by atoms with Crippen LogP contribution in [-0.2, 0) is 14.3 Å². The van der Waals surface area contributed by atoms with Gasteiger partial charge in [0, 0.05) is 0 Å². The van der Waals surface area contributed by atoms with E-state index in [1.54, 1.807) is 0 Å². The molecular weight excluding hydrogens is 186 g/mol. The van der Waals surface area contributed by atoms with Gasteiger partial charge in [-0.1, -0.05) is 13.3 Å². The number of amides is 1. The van der Waals surface area contributed by atoms with Gasteiger partial charge in [-0.3, -0.25) is 0 Å². The summed E-state index contributed by atoms with van der Waals surface area (Å²) >= 11 is 0. The molecule has 0 fully saturated rings. The first-order valence-corrected chi connectivity index (χ1v) is 4.63. The Morgan fingerprint density at radius 1 is 1.43 bits per heavy atom. The third-order valence-electron chi connectivity index (χ3n) is 1.62. The molecule has 1 N–H and O–H groups in total. The van der Waals surface area contributed by atoms with E-state index in [0.717, 1.165) is 12.8 Å². The minimum Gasteiger partial charge on any atom is -0.467 e. The molecule has 0 bridgehead atoms. The lowest BCUT2D eigenvalue weighted by atomic mass is 10.3. The van der Waals surface area contributed by atoms with Gasteiger partial charge in [-0.05, 0) is 13.3 Å². The van der Waals surface area contributed by atoms with Crippen LogP contribution in [-0.4, -0.2) is 31.8 Å². The van der Waals surface area contributed by atoms with Crippen molar-refractivity contribution in [3.05, 3.63) is 0 Å². The van der Waals surface area contributed by atoms with Gasteiger partial charge in [-0.25, -0.2) is 9.59 Å². The molecule has 5 heteroatoms. The van der Waals surface area contributed by atoms with E-state index in [1.165, 1.54) is 14.0 Å². The molecule has 0 saturated carbocycles. The van der Waals surface area contributed by atoms with Crippen molar-refractivity contribution in [2.24, 2.45) is 0 Å². The van der Waals surface area contributed by atoms with Crippen molar-refractivity contribution in [2.75, 3.05) is 13.7 Å². The summed E-state index contributed by atoms with van der Waals surface area (Å²) in [5.74, 6) is -0.488. The van der Waals surface area contributed by atoms with Gasteiger partial charge in [0.2, 0.25) is 0 Å². The van der Waals surface area contributed by atoms with Gasteiger partial charge in [0.15, 0.2) is 0 Å². The smallest absolute Gasteiger partial charge is 0.407 e. The zero-order chi connectivity index (χ0) is 11.0. The number of ether oxygens (including phenoxy) is 2. The maximum absolute atomic E-state index is 11.0. The van der Waals surface area contributed by atoms with Crippen LogP contribution in [0.3, 0.4) is 0 Å². The van der Waals surface area contributed by atoms with Crippen molar-refractivity contribution in [2.45, 2.75) is 32.7 Å². The summed E-state index contributed by atoms with van der Waals surface area (Å²) in [6, 6.07) is -0.672. The van der Waals surface area contributed by atoms with E-state index in [0.29, 0.717) is 6.61 Å². The van der Waals surface area contributed by atoms with Gasteiger partial charge in [0.05, 0.1) is 13.7 Å². The minimum atomic E-state index is -0.672. The summed E-state index contributed by atoms with van der Waals surface area (Å²) < 4.78 is 9.22. The summed E-state index contributed by atoms with van der Waals surface area (Å²) in [4.78, 5) is 21.9. The van der Waals surface area contributed by atoms with Gasteiger partial charge in [0.25, 0.3) is 0 Å². The quantitative estimate of drug-likeness (QED) is 0.536. The Labute approximate surface area is 83.8 Å². The zero-order valence-electron chi connectivity index (χ0n) is 8.83. The Hall–Kier alpha value is -1.26. The molecule has 0 radical (unpaired) electrons. The first-order chi connectivity index (χ1) is 6.61. The topological polar surface area (TPSA) is 64.6 Å². The first kappa shape index (κ1) is 12.7. The number of alkyl carbamates (subject to hydrolysis) is 1. The van der Waals surface area contributed by atoms with Crippen LogP contribution in [0.25, 0.3) is 0 Å². The molecule has 0 aromatic rings. The minimum absolute atomic E-state index is 0.371. The van der Waals surface area contributed by atoms with Crippen molar-refractivity contribution in [1.29, 1.82) is 0 Å². The predicted molar refractivity (Wildman–Crippen MR) is 50.9 cm³/mol. The number of nitrogens with one attached hydrogen (secondary N) is 1. The largest absolute Gasteiger partial charge is 0.467 e. The number of esters is 1. The highest BCUT2D eigenvalue weighted by atomic mass is 16.6. The molecule has 14 heavy (non-hydrogen) atoms. The molecule has 5 nitrogen and oxygen atoms in total. The van der Waals surface area contributed by atoms with Crippen LogP contribution in [0.15, 0.2) is 0 Å². The second-order valence-electron chi connectivity index (χ2n) is 2.88. The molecule has 1 amide bonds. The number of methoxy groups -OCH3 is 1. The SMILES string of the molecule is CCCCOC(=O)N[C@@H](C)C(=O)OC. The Kier molecular flexibility index (Phi) is 6.53. The Balaban J connectivity index is 3.65. The summed E-state index contributed by atoms with van der Waals surface area (Å²) in [5, 5.41) is 2.35. The zero-order valence-corrected chi connectivity index (χ0v) is 8.83. The maximum atomic E-state index is 11.0. The van der Waals surface area contributed by atoms with Crippen molar-refractivity contribution in [3.63, 3.8) is 0 Å². The Bertz CT molecular complexity index is 193. The van der Waals surface area contributed by atoms with E-state index >= 15 is 0 Å². The van der Waals surface area contributed by atoms with E-state index in [1.807, 2.05) is 6.92 Å². The van der Waals surface area contributed by atoms with E-state index in [9.17, 15) is 9.59 Å². The van der Waals surface area contributed by atoms with Crippen LogP contribution in [0.2, 0.25) is 0 Å². The Morgan fingerprint density at radius 3 is 2.57 bits per heavy atom. The summed E-state index contributed by atoms with van der Waals surface area (Å²) in [6.45, 7) is 3.90. The van der Waals surface area contributed by atoms with Crippen LogP contribution in [0.4, 0.5) is 4.79 Å². The monoisotopic (exact) mass is 203 g/mol. The van der Waals surface area contributed by atoms with Crippen LogP contribution in [0, 0.1) is 0 Å². The number of unbranched alkanes of at least 4 members (excludes halogenated alkanes) is 1. The lowest BCUT2D eigenvalue weighted by Gasteiger charge is -2.11. The molecular formula is C9H17NO4. The number of rotatable bonds is 5. The number of carbonyl (C=O) groups is 2.